The van der Waals surface area contributed by atoms with Crippen molar-refractivity contribution in [2.24, 2.45) is 15.7 Å². The number of aromatic nitrogens is 1. The summed E-state index contributed by atoms with van der Waals surface area (Å²) in [7, 11) is 0. The van der Waals surface area contributed by atoms with Gasteiger partial charge in [0.05, 0.1) is 27.8 Å². The van der Waals surface area contributed by atoms with Crippen LogP contribution in [0.3, 0.4) is 0 Å². The molecule has 4 rings (SSSR count). The van der Waals surface area contributed by atoms with Crippen molar-refractivity contribution in [3.63, 3.8) is 0 Å². The number of halogens is 3. The summed E-state index contributed by atoms with van der Waals surface area (Å²) < 4.78 is 34.7. The number of para-hydroxylation sites is 1. The number of nitrogens with two attached hydrogens (primary N) is 1. The maximum absolute atomic E-state index is 14.8. The van der Waals surface area contributed by atoms with Crippen molar-refractivity contribution in [3.8, 4) is 11.4 Å². The van der Waals surface area contributed by atoms with E-state index in [4.69, 9.17) is 27.1 Å². The van der Waals surface area contributed by atoms with Crippen LogP contribution in [0.25, 0.3) is 22.2 Å². The number of aliphatic imine (C=N–C) groups is 2. The molecule has 2 N–H and O–H groups in total. The molecule has 6 nitrogen and oxygen atoms in total. The number of alkyl halides is 1. The molecule has 3 aromatic carbocycles. The second-order valence-corrected chi connectivity index (χ2v) is 10.8. The number of ether oxygens (including phenoxy) is 1. The van der Waals surface area contributed by atoms with Gasteiger partial charge in [0.15, 0.2) is 17.4 Å². The minimum Gasteiger partial charge on any atom is -0.458 e. The van der Waals surface area contributed by atoms with E-state index in [9.17, 15) is 13.6 Å². The lowest BCUT2D eigenvalue weighted by atomic mass is 10.00. The zero-order valence-electron chi connectivity index (χ0n) is 25.2. The summed E-state index contributed by atoms with van der Waals surface area (Å²) in [5, 5.41) is 1.44. The number of rotatable bonds is 10. The van der Waals surface area contributed by atoms with Gasteiger partial charge in [-0.25, -0.2) is 13.8 Å². The summed E-state index contributed by atoms with van der Waals surface area (Å²) in [5.41, 5.74) is 9.08. The largest absolute Gasteiger partial charge is 0.458 e. The minimum atomic E-state index is -1.68. The fourth-order valence-corrected chi connectivity index (χ4v) is 5.07. The van der Waals surface area contributed by atoms with Gasteiger partial charge < -0.3 is 10.5 Å². The molecule has 0 spiro atoms. The van der Waals surface area contributed by atoms with Crippen LogP contribution in [0.5, 0.6) is 5.75 Å². The van der Waals surface area contributed by atoms with Crippen LogP contribution in [0.4, 0.5) is 8.78 Å². The molecule has 0 fully saturated rings. The smallest absolute Gasteiger partial charge is 0.264 e. The molecule has 0 saturated carbocycles. The number of amidine groups is 1. The second-order valence-electron chi connectivity index (χ2n) is 10.4. The van der Waals surface area contributed by atoms with Crippen molar-refractivity contribution in [2.75, 3.05) is 0 Å². The van der Waals surface area contributed by atoms with E-state index in [0.717, 1.165) is 6.42 Å². The Bertz CT molecular complexity index is 1830. The topological polar surface area (TPSA) is 82.0 Å². The summed E-state index contributed by atoms with van der Waals surface area (Å²) >= 11 is 6.48. The van der Waals surface area contributed by atoms with Crippen molar-refractivity contribution < 1.29 is 13.5 Å². The molecule has 0 saturated heterocycles. The van der Waals surface area contributed by atoms with E-state index in [0.29, 0.717) is 50.3 Å². The summed E-state index contributed by atoms with van der Waals surface area (Å²) in [5.74, 6) is -0.724. The summed E-state index contributed by atoms with van der Waals surface area (Å²) in [4.78, 5) is 23.6. The van der Waals surface area contributed by atoms with Gasteiger partial charge in [-0.2, -0.15) is 0 Å². The monoisotopic (exact) mass is 616 g/mol. The van der Waals surface area contributed by atoms with Gasteiger partial charge >= 0.3 is 0 Å². The van der Waals surface area contributed by atoms with Crippen molar-refractivity contribution in [3.05, 3.63) is 123 Å². The molecule has 0 aliphatic rings. The van der Waals surface area contributed by atoms with Gasteiger partial charge in [0.25, 0.3) is 5.56 Å². The predicted octanol–water partition coefficient (Wildman–Crippen LogP) is 8.75. The van der Waals surface area contributed by atoms with Crippen LogP contribution in [0.2, 0.25) is 5.02 Å². The Balaban J connectivity index is 1.95. The number of pyridine rings is 1. The zero-order chi connectivity index (χ0) is 32.0. The maximum Gasteiger partial charge on any atom is 0.264 e. The first-order chi connectivity index (χ1) is 21.0. The quantitative estimate of drug-likeness (QED) is 0.110. The Hall–Kier alpha value is -4.56. The predicted molar refractivity (Wildman–Crippen MR) is 177 cm³/mol. The van der Waals surface area contributed by atoms with Gasteiger partial charge in [-0.05, 0) is 73.7 Å². The third kappa shape index (κ3) is 7.14. The molecule has 0 bridgehead atoms. The fraction of sp³-hybridized carbons (Fsp3) is 0.229. The number of benzene rings is 3. The van der Waals surface area contributed by atoms with Gasteiger partial charge in [-0.3, -0.25) is 14.4 Å². The molecule has 0 amide bonds. The van der Waals surface area contributed by atoms with E-state index in [1.807, 2.05) is 56.3 Å². The first-order valence-corrected chi connectivity index (χ1v) is 14.7. The average Bonchev–Trinajstić information content (AvgIpc) is 2.98. The van der Waals surface area contributed by atoms with E-state index >= 15 is 0 Å². The molecule has 2 unspecified atom stereocenters. The molecule has 0 aliphatic carbocycles. The first kappa shape index (κ1) is 32.4. The molecule has 1 aromatic heterocycles. The summed E-state index contributed by atoms with van der Waals surface area (Å²) in [6.45, 7) is 10.9. The highest BCUT2D eigenvalue weighted by Crippen LogP contribution is 2.30. The highest BCUT2D eigenvalue weighted by molar-refractivity contribution is 6.35. The molecule has 4 aromatic rings. The fourth-order valence-electron chi connectivity index (χ4n) is 4.81. The van der Waals surface area contributed by atoms with E-state index in [2.05, 4.69) is 11.6 Å². The third-order valence-electron chi connectivity index (χ3n) is 6.87. The van der Waals surface area contributed by atoms with Gasteiger partial charge in [0.2, 0.25) is 6.36 Å². The van der Waals surface area contributed by atoms with Crippen molar-refractivity contribution in [1.82, 2.24) is 4.57 Å². The van der Waals surface area contributed by atoms with Crippen molar-refractivity contribution in [1.29, 1.82) is 0 Å². The van der Waals surface area contributed by atoms with Crippen LogP contribution in [0.1, 0.15) is 57.8 Å². The van der Waals surface area contributed by atoms with E-state index in [-0.39, 0.29) is 22.8 Å². The van der Waals surface area contributed by atoms with Crippen LogP contribution in [0, 0.1) is 5.82 Å². The van der Waals surface area contributed by atoms with Crippen LogP contribution in [-0.2, 0) is 0 Å². The Morgan fingerprint density at radius 2 is 1.84 bits per heavy atom. The molecule has 2 atom stereocenters. The summed E-state index contributed by atoms with van der Waals surface area (Å²) in [6, 6.07) is 19.9. The highest BCUT2D eigenvalue weighted by Gasteiger charge is 2.21. The average molecular weight is 617 g/mol. The van der Waals surface area contributed by atoms with Crippen LogP contribution in [-0.4, -0.2) is 23.0 Å². The van der Waals surface area contributed by atoms with Gasteiger partial charge in [-0.15, -0.1) is 0 Å². The number of nitrogens with zero attached hydrogens (tertiary/aromatic N) is 3. The van der Waals surface area contributed by atoms with Crippen LogP contribution in [0.15, 0.2) is 105 Å². The summed E-state index contributed by atoms with van der Waals surface area (Å²) in [6.07, 6.45) is 1.60. The Labute approximate surface area is 260 Å². The number of hydrogen-bond donors (Lipinski definition) is 1. The lowest BCUT2D eigenvalue weighted by molar-refractivity contribution is 0.0814. The second kappa shape index (κ2) is 14.3. The molecule has 9 heteroatoms. The molecule has 228 valence electrons. The molecule has 0 radical (unpaired) electrons. The molecule has 1 heterocycles. The molecular formula is C35H35ClF2N4O2. The Morgan fingerprint density at radius 3 is 2.48 bits per heavy atom. The molecule has 0 aliphatic heterocycles. The molecule has 44 heavy (non-hydrogen) atoms. The Kier molecular flexibility index (Phi) is 10.5. The minimum absolute atomic E-state index is 0.182. The lowest BCUT2D eigenvalue weighted by Gasteiger charge is -2.20. The van der Waals surface area contributed by atoms with Crippen molar-refractivity contribution >= 4 is 40.1 Å². The van der Waals surface area contributed by atoms with Crippen LogP contribution < -0.4 is 16.0 Å². The normalized spacial score (nSPS) is 14.0. The number of fused-ring (bicyclic) bond motifs is 1. The van der Waals surface area contributed by atoms with Gasteiger partial charge in [0, 0.05) is 30.0 Å². The third-order valence-corrected chi connectivity index (χ3v) is 7.18. The standard InChI is InChI=1S/C35H35ClF2N4O2/c1-6-7-18-40-34(31(21(2)3)33(39)25-16-17-30(28(38)19-25)44-23(5)37)41-22(4)29-20-24-12-11-15-27(36)32(24)35(43)42(29)26-13-9-8-10-14-26/h8-20,22-23H,2,6-7,39H2,1,3-5H3. The van der Waals surface area contributed by atoms with E-state index < -0.39 is 18.2 Å². The lowest BCUT2D eigenvalue weighted by Crippen LogP contribution is -2.23. The molecular weight excluding hydrogens is 582 g/mol. The number of hydrogen-bond acceptors (Lipinski definition) is 4. The SMILES string of the molecule is C=C(C)C(C(N=CCCC)=NC(C)c1cc2cccc(Cl)c2c(=O)n1-c1ccccc1)=C(N)c1ccc(OC(C)F)c(F)c1. The van der Waals surface area contributed by atoms with Crippen LogP contribution >= 0.6 is 11.6 Å². The van der Waals surface area contributed by atoms with E-state index in [1.54, 1.807) is 29.8 Å². The maximum atomic E-state index is 14.8. The van der Waals surface area contributed by atoms with Gasteiger partial charge in [0.1, 0.15) is 0 Å². The van der Waals surface area contributed by atoms with Crippen molar-refractivity contribution in [2.45, 2.75) is 52.9 Å². The Morgan fingerprint density at radius 1 is 1.11 bits per heavy atom. The first-order valence-electron chi connectivity index (χ1n) is 14.3. The highest BCUT2D eigenvalue weighted by atomic mass is 35.5. The van der Waals surface area contributed by atoms with Gasteiger partial charge in [-0.1, -0.05) is 61.9 Å². The number of unbranched alkanes of at least 4 members (excludes halogenated alkanes) is 1. The zero-order valence-corrected chi connectivity index (χ0v) is 25.9. The van der Waals surface area contributed by atoms with E-state index in [1.165, 1.54) is 25.1 Å².